The van der Waals surface area contributed by atoms with Crippen LogP contribution in [-0.4, -0.2) is 43.6 Å². The summed E-state index contributed by atoms with van der Waals surface area (Å²) in [6.07, 6.45) is 7.55. The van der Waals surface area contributed by atoms with Gasteiger partial charge in [-0.05, 0) is 61.4 Å². The minimum atomic E-state index is -0.900. The number of rotatable bonds is 7. The molecule has 1 aliphatic carbocycles. The first-order chi connectivity index (χ1) is 16.6. The molecule has 10 heteroatoms. The summed E-state index contributed by atoms with van der Waals surface area (Å²) in [6.45, 7) is 0.765. The summed E-state index contributed by atoms with van der Waals surface area (Å²) in [5.41, 5.74) is 2.99. The van der Waals surface area contributed by atoms with Crippen LogP contribution in [0.5, 0.6) is 0 Å². The Morgan fingerprint density at radius 2 is 1.97 bits per heavy atom. The highest BCUT2D eigenvalue weighted by molar-refractivity contribution is 8.05. The predicted molar refractivity (Wildman–Crippen MR) is 136 cm³/mol. The molecule has 5 rings (SSSR count). The van der Waals surface area contributed by atoms with Crippen molar-refractivity contribution in [3.63, 3.8) is 0 Å². The molecule has 1 atom stereocenters. The van der Waals surface area contributed by atoms with Gasteiger partial charge in [0.05, 0.1) is 22.0 Å². The molecule has 0 aromatic carbocycles. The van der Waals surface area contributed by atoms with Gasteiger partial charge in [-0.15, -0.1) is 0 Å². The van der Waals surface area contributed by atoms with Crippen LogP contribution < -0.4 is 16.0 Å². The minimum Gasteiger partial charge on any atom is -0.364 e. The number of thiophene rings is 1. The lowest BCUT2D eigenvalue weighted by Gasteiger charge is -2.29. The molecule has 34 heavy (non-hydrogen) atoms. The van der Waals surface area contributed by atoms with E-state index >= 15 is 0 Å². The molecule has 1 unspecified atom stereocenters. The normalized spacial score (nSPS) is 23.7. The van der Waals surface area contributed by atoms with Crippen LogP contribution in [0.25, 0.3) is 17.3 Å². The van der Waals surface area contributed by atoms with Crippen LogP contribution in [0.3, 0.4) is 0 Å². The average molecular weight is 495 g/mol. The van der Waals surface area contributed by atoms with Crippen LogP contribution in [0, 0.1) is 0 Å². The zero-order chi connectivity index (χ0) is 23.3. The Hall–Kier alpha value is -2.79. The Labute approximate surface area is 206 Å². The number of aliphatic hydroxyl groups is 1. The number of nitrogens with zero attached hydrogens (tertiary/aromatic N) is 3. The second-order valence-electron chi connectivity index (χ2n) is 8.36. The van der Waals surface area contributed by atoms with Crippen molar-refractivity contribution in [3.05, 3.63) is 63.6 Å². The first-order valence-corrected chi connectivity index (χ1v) is 13.1. The summed E-state index contributed by atoms with van der Waals surface area (Å²) in [5, 5.41) is 23.3. The maximum atomic E-state index is 11.8. The number of pyridine rings is 1. The van der Waals surface area contributed by atoms with E-state index in [1.54, 1.807) is 29.7 Å². The van der Waals surface area contributed by atoms with Crippen LogP contribution >= 0.6 is 23.1 Å². The third kappa shape index (κ3) is 5.82. The fourth-order valence-corrected chi connectivity index (χ4v) is 5.58. The van der Waals surface area contributed by atoms with Crippen LogP contribution in [0.4, 0.5) is 5.95 Å². The van der Waals surface area contributed by atoms with Crippen molar-refractivity contribution in [2.45, 2.75) is 49.9 Å². The molecule has 4 heterocycles. The maximum absolute atomic E-state index is 11.8. The monoisotopic (exact) mass is 494 g/mol. The Kier molecular flexibility index (Phi) is 7.19. The number of thioether (sulfide) groups is 1. The lowest BCUT2D eigenvalue weighted by atomic mass is 9.91. The molecule has 0 spiro atoms. The Morgan fingerprint density at radius 1 is 1.12 bits per heavy atom. The SMILES string of the molecule is O=C1NC(O)S/C1=C\c1ccnc(N[C@H]2CC[C@@H](NCc3cccc(-c4ccsc4)n3)CC2)n1. The highest BCUT2D eigenvalue weighted by atomic mass is 32.2. The van der Waals surface area contributed by atoms with Gasteiger partial charge in [0.25, 0.3) is 5.91 Å². The van der Waals surface area contributed by atoms with Crippen molar-refractivity contribution < 1.29 is 9.90 Å². The summed E-state index contributed by atoms with van der Waals surface area (Å²) in [7, 11) is 0. The quantitative estimate of drug-likeness (QED) is 0.369. The molecular weight excluding hydrogens is 468 g/mol. The molecule has 0 radical (unpaired) electrons. The van der Waals surface area contributed by atoms with Gasteiger partial charge in [-0.1, -0.05) is 17.8 Å². The molecular formula is C24H26N6O2S2. The molecule has 1 saturated carbocycles. The molecule has 1 aliphatic heterocycles. The van der Waals surface area contributed by atoms with E-state index in [0.717, 1.165) is 55.4 Å². The summed E-state index contributed by atoms with van der Waals surface area (Å²) in [5.74, 6) is 0.272. The number of amides is 1. The maximum Gasteiger partial charge on any atom is 0.260 e. The van der Waals surface area contributed by atoms with E-state index in [-0.39, 0.29) is 5.91 Å². The van der Waals surface area contributed by atoms with Gasteiger partial charge in [0, 0.05) is 35.8 Å². The average Bonchev–Trinajstić information content (AvgIpc) is 3.49. The Bertz CT molecular complexity index is 1160. The van der Waals surface area contributed by atoms with Gasteiger partial charge in [0.2, 0.25) is 5.95 Å². The van der Waals surface area contributed by atoms with Gasteiger partial charge in [-0.2, -0.15) is 11.3 Å². The summed E-state index contributed by atoms with van der Waals surface area (Å²) < 4.78 is 0. The minimum absolute atomic E-state index is 0.287. The number of hydrogen-bond donors (Lipinski definition) is 4. The zero-order valence-electron chi connectivity index (χ0n) is 18.5. The van der Waals surface area contributed by atoms with Gasteiger partial charge < -0.3 is 21.1 Å². The molecule has 0 bridgehead atoms. The predicted octanol–water partition coefficient (Wildman–Crippen LogP) is 3.59. The summed E-state index contributed by atoms with van der Waals surface area (Å²) in [4.78, 5) is 25.9. The number of nitrogens with one attached hydrogen (secondary N) is 3. The largest absolute Gasteiger partial charge is 0.364 e. The van der Waals surface area contributed by atoms with E-state index in [1.165, 1.54) is 5.56 Å². The number of aromatic nitrogens is 3. The molecule has 1 amide bonds. The topological polar surface area (TPSA) is 112 Å². The molecule has 176 valence electrons. The second-order valence-corrected chi connectivity index (χ2v) is 10.3. The van der Waals surface area contributed by atoms with Gasteiger partial charge in [-0.25, -0.2) is 9.97 Å². The number of hydrogen-bond acceptors (Lipinski definition) is 9. The lowest BCUT2D eigenvalue weighted by molar-refractivity contribution is -0.117. The third-order valence-corrected chi connectivity index (χ3v) is 7.51. The highest BCUT2D eigenvalue weighted by Gasteiger charge is 2.25. The fourth-order valence-electron chi connectivity index (χ4n) is 4.17. The second kappa shape index (κ2) is 10.6. The van der Waals surface area contributed by atoms with E-state index in [1.807, 2.05) is 0 Å². The van der Waals surface area contributed by atoms with Crippen LogP contribution in [0.15, 0.2) is 52.2 Å². The van der Waals surface area contributed by atoms with Crippen molar-refractivity contribution in [3.8, 4) is 11.3 Å². The van der Waals surface area contributed by atoms with Crippen LogP contribution in [-0.2, 0) is 11.3 Å². The smallest absolute Gasteiger partial charge is 0.260 e. The van der Waals surface area contributed by atoms with E-state index in [0.29, 0.717) is 28.6 Å². The van der Waals surface area contributed by atoms with Gasteiger partial charge in [0.15, 0.2) is 5.56 Å². The first-order valence-electron chi connectivity index (χ1n) is 11.3. The number of carbonyl (C=O) groups excluding carboxylic acids is 1. The highest BCUT2D eigenvalue weighted by Crippen LogP contribution is 2.28. The molecule has 4 N–H and O–H groups in total. The Balaban J connectivity index is 1.11. The standard InChI is InChI=1S/C24H26N6O2S2/c31-22-21(34-24(32)30-22)12-18-8-10-25-23(29-18)28-17-6-4-16(5-7-17)26-13-19-2-1-3-20(27-19)15-9-11-33-14-15/h1-3,8-12,14,16-17,24,26,32H,4-7,13H2,(H,30,31)(H,25,28,29)/b21-12-/t16-,17+,24?. The fraction of sp³-hybridized carbons (Fsp3) is 0.333. The molecule has 3 aromatic rings. The zero-order valence-corrected chi connectivity index (χ0v) is 20.1. The van der Waals surface area contributed by atoms with Gasteiger partial charge >= 0.3 is 0 Å². The lowest BCUT2D eigenvalue weighted by Crippen LogP contribution is -2.37. The molecule has 1 saturated heterocycles. The van der Waals surface area contributed by atoms with Crippen molar-refractivity contribution >= 4 is 41.0 Å². The number of aliphatic hydroxyl groups excluding tert-OH is 1. The van der Waals surface area contributed by atoms with Crippen LogP contribution in [0.1, 0.15) is 37.1 Å². The van der Waals surface area contributed by atoms with E-state index < -0.39 is 5.56 Å². The molecule has 8 nitrogen and oxygen atoms in total. The Morgan fingerprint density at radius 3 is 2.74 bits per heavy atom. The summed E-state index contributed by atoms with van der Waals surface area (Å²) in [6, 6.07) is 10.8. The molecule has 3 aromatic heterocycles. The molecule has 2 aliphatic rings. The number of carbonyl (C=O) groups is 1. The van der Waals surface area contributed by atoms with Crippen molar-refractivity contribution in [1.82, 2.24) is 25.6 Å². The first kappa shape index (κ1) is 23.0. The van der Waals surface area contributed by atoms with E-state index in [9.17, 15) is 9.90 Å². The van der Waals surface area contributed by atoms with Crippen LogP contribution in [0.2, 0.25) is 0 Å². The van der Waals surface area contributed by atoms with Crippen molar-refractivity contribution in [2.24, 2.45) is 0 Å². The summed E-state index contributed by atoms with van der Waals surface area (Å²) >= 11 is 2.76. The third-order valence-electron chi connectivity index (χ3n) is 5.93. The van der Waals surface area contributed by atoms with Crippen molar-refractivity contribution in [1.29, 1.82) is 0 Å². The van der Waals surface area contributed by atoms with Gasteiger partial charge in [-0.3, -0.25) is 9.78 Å². The number of anilines is 1. The van der Waals surface area contributed by atoms with E-state index in [4.69, 9.17) is 4.98 Å². The van der Waals surface area contributed by atoms with Gasteiger partial charge in [0.1, 0.15) is 0 Å². The van der Waals surface area contributed by atoms with E-state index in [2.05, 4.69) is 60.9 Å². The molecule has 2 fully saturated rings. The van der Waals surface area contributed by atoms with Crippen molar-refractivity contribution in [2.75, 3.05) is 5.32 Å².